The van der Waals surface area contributed by atoms with Crippen molar-refractivity contribution in [1.82, 2.24) is 20.1 Å². The molecule has 1 atom stereocenters. The number of aromatic amines is 1. The van der Waals surface area contributed by atoms with E-state index in [4.69, 9.17) is 16.3 Å². The summed E-state index contributed by atoms with van der Waals surface area (Å²) < 4.78 is 5.13. The first-order valence-electron chi connectivity index (χ1n) is 9.95. The van der Waals surface area contributed by atoms with Crippen molar-refractivity contribution in [2.75, 3.05) is 25.5 Å². The summed E-state index contributed by atoms with van der Waals surface area (Å²) >= 11 is 6.13. The summed E-state index contributed by atoms with van der Waals surface area (Å²) in [7, 11) is 1.53. The zero-order valence-corrected chi connectivity index (χ0v) is 17.7. The van der Waals surface area contributed by atoms with Gasteiger partial charge in [0.15, 0.2) is 0 Å². The number of pyridine rings is 1. The van der Waals surface area contributed by atoms with Crippen LogP contribution in [0.3, 0.4) is 0 Å². The van der Waals surface area contributed by atoms with E-state index in [0.29, 0.717) is 53.1 Å². The molecule has 9 heteroatoms. The van der Waals surface area contributed by atoms with Gasteiger partial charge in [0.2, 0.25) is 5.91 Å². The topological polar surface area (TPSA) is 100 Å². The second kappa shape index (κ2) is 9.18. The van der Waals surface area contributed by atoms with Gasteiger partial charge in [-0.25, -0.2) is 0 Å². The lowest BCUT2D eigenvalue weighted by Gasteiger charge is -2.31. The van der Waals surface area contributed by atoms with Gasteiger partial charge in [-0.2, -0.15) is 5.10 Å². The van der Waals surface area contributed by atoms with Crippen molar-refractivity contribution < 1.29 is 14.3 Å². The maximum Gasteiger partial charge on any atom is 0.271 e. The fourth-order valence-electron chi connectivity index (χ4n) is 3.61. The van der Waals surface area contributed by atoms with Gasteiger partial charge in [0, 0.05) is 25.0 Å². The van der Waals surface area contributed by atoms with E-state index in [1.807, 2.05) is 18.2 Å². The molecular formula is C22H22ClN5O3. The van der Waals surface area contributed by atoms with Gasteiger partial charge in [-0.05, 0) is 49.2 Å². The molecule has 2 aromatic heterocycles. The lowest BCUT2D eigenvalue weighted by Crippen LogP contribution is -2.43. The first-order chi connectivity index (χ1) is 15.0. The summed E-state index contributed by atoms with van der Waals surface area (Å²) in [4.78, 5) is 31.7. The van der Waals surface area contributed by atoms with E-state index >= 15 is 0 Å². The Morgan fingerprint density at radius 1 is 1.23 bits per heavy atom. The largest absolute Gasteiger partial charge is 0.495 e. The highest BCUT2D eigenvalue weighted by Gasteiger charge is 2.30. The minimum atomic E-state index is -0.309. The van der Waals surface area contributed by atoms with E-state index in [9.17, 15) is 9.59 Å². The number of H-pyrrole nitrogens is 1. The summed E-state index contributed by atoms with van der Waals surface area (Å²) in [5, 5.41) is 10.3. The predicted octanol–water partition coefficient (Wildman–Crippen LogP) is 3.62. The molecule has 0 bridgehead atoms. The average Bonchev–Trinajstić information content (AvgIpc) is 3.30. The summed E-state index contributed by atoms with van der Waals surface area (Å²) in [5.41, 5.74) is 2.26. The molecule has 1 fully saturated rings. The third kappa shape index (κ3) is 4.69. The molecule has 31 heavy (non-hydrogen) atoms. The van der Waals surface area contributed by atoms with Crippen LogP contribution in [0.5, 0.6) is 5.75 Å². The number of methoxy groups -OCH3 is 1. The second-order valence-electron chi connectivity index (χ2n) is 7.31. The fraction of sp³-hybridized carbons (Fsp3) is 0.273. The number of benzene rings is 1. The SMILES string of the molecule is COc1ccc(NC(=O)[C@H]2CCCN(C(=O)c3cc(-c4ccccn4)n[nH]3)C2)cc1Cl. The smallest absolute Gasteiger partial charge is 0.271 e. The number of carbonyl (C=O) groups excluding carboxylic acids is 2. The highest BCUT2D eigenvalue weighted by atomic mass is 35.5. The highest BCUT2D eigenvalue weighted by molar-refractivity contribution is 6.32. The van der Waals surface area contributed by atoms with Crippen LogP contribution in [0.25, 0.3) is 11.4 Å². The number of piperidine rings is 1. The number of halogens is 1. The molecule has 0 saturated carbocycles. The Bertz CT molecular complexity index is 1090. The Morgan fingerprint density at radius 3 is 2.84 bits per heavy atom. The molecule has 2 amide bonds. The van der Waals surface area contributed by atoms with Crippen molar-refractivity contribution in [3.05, 3.63) is 59.4 Å². The minimum absolute atomic E-state index is 0.141. The number of anilines is 1. The molecule has 0 unspecified atom stereocenters. The maximum absolute atomic E-state index is 13.0. The van der Waals surface area contributed by atoms with Crippen LogP contribution in [-0.2, 0) is 4.79 Å². The molecule has 0 radical (unpaired) electrons. The number of nitrogens with one attached hydrogen (secondary N) is 2. The number of likely N-dealkylation sites (tertiary alicyclic amines) is 1. The maximum atomic E-state index is 13.0. The molecule has 8 nitrogen and oxygen atoms in total. The Labute approximate surface area is 184 Å². The van der Waals surface area contributed by atoms with Gasteiger partial charge in [-0.15, -0.1) is 0 Å². The van der Waals surface area contributed by atoms with Gasteiger partial charge in [0.05, 0.1) is 23.7 Å². The van der Waals surface area contributed by atoms with Gasteiger partial charge < -0.3 is 15.0 Å². The van der Waals surface area contributed by atoms with Crippen molar-refractivity contribution in [1.29, 1.82) is 0 Å². The molecule has 0 aliphatic carbocycles. The molecule has 2 N–H and O–H groups in total. The number of carbonyl (C=O) groups is 2. The van der Waals surface area contributed by atoms with Gasteiger partial charge in [0.1, 0.15) is 17.1 Å². The van der Waals surface area contributed by atoms with Crippen LogP contribution in [0.1, 0.15) is 23.3 Å². The number of rotatable bonds is 5. The first kappa shape index (κ1) is 20.9. The molecule has 1 aliphatic heterocycles. The van der Waals surface area contributed by atoms with E-state index in [1.54, 1.807) is 35.4 Å². The Kier molecular flexibility index (Phi) is 6.18. The molecule has 1 aliphatic rings. The van der Waals surface area contributed by atoms with Gasteiger partial charge in [-0.1, -0.05) is 17.7 Å². The van der Waals surface area contributed by atoms with E-state index in [2.05, 4.69) is 20.5 Å². The minimum Gasteiger partial charge on any atom is -0.495 e. The monoisotopic (exact) mass is 439 g/mol. The lowest BCUT2D eigenvalue weighted by atomic mass is 9.96. The van der Waals surface area contributed by atoms with Gasteiger partial charge in [-0.3, -0.25) is 19.7 Å². The van der Waals surface area contributed by atoms with Crippen LogP contribution in [0.4, 0.5) is 5.69 Å². The number of ether oxygens (including phenoxy) is 1. The summed E-state index contributed by atoms with van der Waals surface area (Å²) in [6.45, 7) is 0.932. The summed E-state index contributed by atoms with van der Waals surface area (Å²) in [6.07, 6.45) is 3.13. The quantitative estimate of drug-likeness (QED) is 0.632. The van der Waals surface area contributed by atoms with E-state index < -0.39 is 0 Å². The second-order valence-corrected chi connectivity index (χ2v) is 7.72. The van der Waals surface area contributed by atoms with E-state index in [-0.39, 0.29) is 17.7 Å². The third-order valence-electron chi connectivity index (χ3n) is 5.23. The molecule has 3 heterocycles. The normalized spacial score (nSPS) is 16.1. The zero-order valence-electron chi connectivity index (χ0n) is 17.0. The molecule has 1 aromatic carbocycles. The average molecular weight is 440 g/mol. The lowest BCUT2D eigenvalue weighted by molar-refractivity contribution is -0.121. The first-order valence-corrected chi connectivity index (χ1v) is 10.3. The van der Waals surface area contributed by atoms with Crippen molar-refractivity contribution in [2.45, 2.75) is 12.8 Å². The van der Waals surface area contributed by atoms with E-state index in [1.165, 1.54) is 7.11 Å². The van der Waals surface area contributed by atoms with Crippen LogP contribution in [0.15, 0.2) is 48.7 Å². The van der Waals surface area contributed by atoms with Crippen LogP contribution < -0.4 is 10.1 Å². The fourth-order valence-corrected chi connectivity index (χ4v) is 3.87. The van der Waals surface area contributed by atoms with Crippen LogP contribution in [0, 0.1) is 5.92 Å². The molecule has 1 saturated heterocycles. The standard InChI is InChI=1S/C22H22ClN5O3/c1-31-20-8-7-15(11-16(20)23)25-21(29)14-5-4-10-28(13-14)22(30)19-12-18(26-27-19)17-6-2-3-9-24-17/h2-3,6-9,11-12,14H,4-5,10,13H2,1H3,(H,25,29)(H,26,27)/t14-/m0/s1. The predicted molar refractivity (Wildman–Crippen MR) is 117 cm³/mol. The van der Waals surface area contributed by atoms with Crippen LogP contribution in [-0.4, -0.2) is 52.1 Å². The zero-order chi connectivity index (χ0) is 21.8. The van der Waals surface area contributed by atoms with Crippen molar-refractivity contribution in [3.63, 3.8) is 0 Å². The van der Waals surface area contributed by atoms with Crippen molar-refractivity contribution in [2.24, 2.45) is 5.92 Å². The number of hydrogen-bond acceptors (Lipinski definition) is 5. The van der Waals surface area contributed by atoms with Crippen molar-refractivity contribution >= 4 is 29.1 Å². The van der Waals surface area contributed by atoms with E-state index in [0.717, 1.165) is 6.42 Å². The number of nitrogens with zero attached hydrogens (tertiary/aromatic N) is 3. The molecule has 160 valence electrons. The Hall–Kier alpha value is -3.39. The molecule has 3 aromatic rings. The number of hydrogen-bond donors (Lipinski definition) is 2. The highest BCUT2D eigenvalue weighted by Crippen LogP contribution is 2.28. The van der Waals surface area contributed by atoms with Gasteiger partial charge >= 0.3 is 0 Å². The Balaban J connectivity index is 1.41. The molecule has 4 rings (SSSR count). The summed E-state index contributed by atoms with van der Waals surface area (Å²) in [5.74, 6) is -0.0901. The van der Waals surface area contributed by atoms with Crippen LogP contribution >= 0.6 is 11.6 Å². The number of aromatic nitrogens is 3. The summed E-state index contributed by atoms with van der Waals surface area (Å²) in [6, 6.07) is 12.3. The third-order valence-corrected chi connectivity index (χ3v) is 5.53. The Morgan fingerprint density at radius 2 is 2.10 bits per heavy atom. The number of amides is 2. The van der Waals surface area contributed by atoms with Crippen molar-refractivity contribution in [3.8, 4) is 17.1 Å². The van der Waals surface area contributed by atoms with Gasteiger partial charge in [0.25, 0.3) is 5.91 Å². The van der Waals surface area contributed by atoms with Crippen LogP contribution in [0.2, 0.25) is 5.02 Å². The molecule has 0 spiro atoms. The molecular weight excluding hydrogens is 418 g/mol.